The van der Waals surface area contributed by atoms with E-state index in [2.05, 4.69) is 0 Å². The lowest BCUT2D eigenvalue weighted by atomic mass is 10.2. The first-order valence-corrected chi connectivity index (χ1v) is 7.33. The molecule has 0 radical (unpaired) electrons. The highest BCUT2D eigenvalue weighted by atomic mass is 35.5. The van der Waals surface area contributed by atoms with Crippen molar-refractivity contribution in [2.24, 2.45) is 0 Å². The standard InChI is InChI=1S/C14H19Cl2NO2/c1-11(2)19-14(18)12-4-3-5-13(10-12)17(8-6-15)9-7-16/h3-5,10-11H,6-9H2,1-2H3. The molecule has 0 atom stereocenters. The Labute approximate surface area is 124 Å². The van der Waals surface area contributed by atoms with Gasteiger partial charge in [0, 0.05) is 30.5 Å². The zero-order chi connectivity index (χ0) is 14.3. The summed E-state index contributed by atoms with van der Waals surface area (Å²) in [6, 6.07) is 7.32. The fourth-order valence-corrected chi connectivity index (χ4v) is 2.09. The maximum absolute atomic E-state index is 11.9. The van der Waals surface area contributed by atoms with E-state index in [9.17, 15) is 4.79 Å². The second-order valence-electron chi connectivity index (χ2n) is 4.37. The third kappa shape index (κ3) is 5.29. The molecule has 1 aromatic rings. The summed E-state index contributed by atoms with van der Waals surface area (Å²) in [6.45, 7) is 5.04. The van der Waals surface area contributed by atoms with Gasteiger partial charge < -0.3 is 9.64 Å². The average molecular weight is 304 g/mol. The van der Waals surface area contributed by atoms with Gasteiger partial charge >= 0.3 is 5.97 Å². The minimum Gasteiger partial charge on any atom is -0.459 e. The Morgan fingerprint density at radius 1 is 1.26 bits per heavy atom. The molecule has 1 aromatic carbocycles. The monoisotopic (exact) mass is 303 g/mol. The number of hydrogen-bond donors (Lipinski definition) is 0. The Morgan fingerprint density at radius 2 is 1.89 bits per heavy atom. The summed E-state index contributed by atoms with van der Waals surface area (Å²) in [5.74, 6) is 0.711. The van der Waals surface area contributed by atoms with Gasteiger partial charge in [0.2, 0.25) is 0 Å². The maximum Gasteiger partial charge on any atom is 0.338 e. The number of hydrogen-bond acceptors (Lipinski definition) is 3. The van der Waals surface area contributed by atoms with Crippen LogP contribution in [0, 0.1) is 0 Å². The van der Waals surface area contributed by atoms with Crippen LogP contribution in [0.25, 0.3) is 0 Å². The molecule has 0 saturated carbocycles. The summed E-state index contributed by atoms with van der Waals surface area (Å²) < 4.78 is 5.18. The van der Waals surface area contributed by atoms with E-state index in [-0.39, 0.29) is 12.1 Å². The molecule has 0 bridgehead atoms. The van der Waals surface area contributed by atoms with Crippen LogP contribution in [-0.2, 0) is 4.74 Å². The summed E-state index contributed by atoms with van der Waals surface area (Å²) in [4.78, 5) is 13.9. The van der Waals surface area contributed by atoms with Crippen LogP contribution in [-0.4, -0.2) is 36.9 Å². The molecule has 0 aromatic heterocycles. The van der Waals surface area contributed by atoms with Gasteiger partial charge in [-0.05, 0) is 32.0 Å². The number of nitrogens with zero attached hydrogens (tertiary/aromatic N) is 1. The molecule has 0 aliphatic rings. The number of anilines is 1. The van der Waals surface area contributed by atoms with Crippen LogP contribution in [0.2, 0.25) is 0 Å². The fourth-order valence-electron chi connectivity index (χ4n) is 1.69. The lowest BCUT2D eigenvalue weighted by molar-refractivity contribution is 0.0378. The topological polar surface area (TPSA) is 29.5 Å². The van der Waals surface area contributed by atoms with E-state index in [1.807, 2.05) is 36.9 Å². The van der Waals surface area contributed by atoms with Crippen LogP contribution in [0.1, 0.15) is 24.2 Å². The van der Waals surface area contributed by atoms with Crippen molar-refractivity contribution in [2.45, 2.75) is 20.0 Å². The first-order valence-electron chi connectivity index (χ1n) is 6.26. The molecule has 3 nitrogen and oxygen atoms in total. The lowest BCUT2D eigenvalue weighted by Gasteiger charge is -2.23. The smallest absolute Gasteiger partial charge is 0.338 e. The van der Waals surface area contributed by atoms with Crippen LogP contribution in [0.4, 0.5) is 5.69 Å². The van der Waals surface area contributed by atoms with Gasteiger partial charge in [-0.25, -0.2) is 4.79 Å². The summed E-state index contributed by atoms with van der Waals surface area (Å²) in [7, 11) is 0. The molecule has 1 rings (SSSR count). The second-order valence-corrected chi connectivity index (χ2v) is 5.13. The van der Waals surface area contributed by atoms with E-state index in [1.54, 1.807) is 6.07 Å². The lowest BCUT2D eigenvalue weighted by Crippen LogP contribution is -2.27. The second kappa shape index (κ2) is 8.28. The molecule has 0 aliphatic carbocycles. The van der Waals surface area contributed by atoms with Crippen LogP contribution in [0.3, 0.4) is 0 Å². The van der Waals surface area contributed by atoms with Gasteiger partial charge in [-0.1, -0.05) is 6.07 Å². The first-order chi connectivity index (χ1) is 9.08. The van der Waals surface area contributed by atoms with Gasteiger partial charge in [0.25, 0.3) is 0 Å². The minimum atomic E-state index is -0.312. The van der Waals surface area contributed by atoms with E-state index in [0.29, 0.717) is 30.4 Å². The number of benzene rings is 1. The number of halogens is 2. The molecule has 0 heterocycles. The molecule has 5 heteroatoms. The van der Waals surface area contributed by atoms with Crippen molar-refractivity contribution in [1.29, 1.82) is 0 Å². The third-order valence-corrected chi connectivity index (χ3v) is 2.84. The highest BCUT2D eigenvalue weighted by molar-refractivity contribution is 6.18. The summed E-state index contributed by atoms with van der Waals surface area (Å²) in [5.41, 5.74) is 1.47. The molecule has 0 saturated heterocycles. The maximum atomic E-state index is 11.9. The van der Waals surface area contributed by atoms with E-state index >= 15 is 0 Å². The fraction of sp³-hybridized carbons (Fsp3) is 0.500. The molecular formula is C14H19Cl2NO2. The molecule has 0 unspecified atom stereocenters. The first kappa shape index (κ1) is 16.1. The predicted octanol–water partition coefficient (Wildman–Crippen LogP) is 3.54. The summed E-state index contributed by atoms with van der Waals surface area (Å²) >= 11 is 11.6. The van der Waals surface area contributed by atoms with E-state index < -0.39 is 0 Å². The Morgan fingerprint density at radius 3 is 2.42 bits per heavy atom. The third-order valence-electron chi connectivity index (χ3n) is 2.50. The highest BCUT2D eigenvalue weighted by Crippen LogP contribution is 2.17. The number of ether oxygens (including phenoxy) is 1. The highest BCUT2D eigenvalue weighted by Gasteiger charge is 2.12. The van der Waals surface area contributed by atoms with E-state index in [4.69, 9.17) is 27.9 Å². The normalized spacial score (nSPS) is 10.6. The molecule has 19 heavy (non-hydrogen) atoms. The largest absolute Gasteiger partial charge is 0.459 e. The SMILES string of the molecule is CC(C)OC(=O)c1cccc(N(CCCl)CCCl)c1. The van der Waals surface area contributed by atoms with Gasteiger partial charge in [-0.3, -0.25) is 0 Å². The molecule has 0 N–H and O–H groups in total. The number of rotatable bonds is 7. The predicted molar refractivity (Wildman–Crippen MR) is 80.6 cm³/mol. The Hall–Kier alpha value is -0.930. The van der Waals surface area contributed by atoms with Crippen molar-refractivity contribution in [3.63, 3.8) is 0 Å². The average Bonchev–Trinajstić information content (AvgIpc) is 2.38. The van der Waals surface area contributed by atoms with Gasteiger partial charge in [0.15, 0.2) is 0 Å². The van der Waals surface area contributed by atoms with Crippen molar-refractivity contribution in [3.05, 3.63) is 29.8 Å². The zero-order valence-corrected chi connectivity index (χ0v) is 12.7. The molecule has 0 fully saturated rings. The Kier molecular flexibility index (Phi) is 7.03. The molecule has 0 amide bonds. The number of carbonyl (C=O) groups is 1. The van der Waals surface area contributed by atoms with Crippen molar-refractivity contribution in [1.82, 2.24) is 0 Å². The van der Waals surface area contributed by atoms with Crippen LogP contribution < -0.4 is 4.90 Å². The molecule has 106 valence electrons. The van der Waals surface area contributed by atoms with Crippen LogP contribution in [0.15, 0.2) is 24.3 Å². The summed E-state index contributed by atoms with van der Waals surface area (Å²) in [5, 5.41) is 0. The van der Waals surface area contributed by atoms with Crippen molar-refractivity contribution in [2.75, 3.05) is 29.7 Å². The Balaban J connectivity index is 2.88. The van der Waals surface area contributed by atoms with Crippen molar-refractivity contribution in [3.8, 4) is 0 Å². The Bertz CT molecular complexity index is 404. The minimum absolute atomic E-state index is 0.127. The van der Waals surface area contributed by atoms with Crippen molar-refractivity contribution < 1.29 is 9.53 Å². The van der Waals surface area contributed by atoms with E-state index in [0.717, 1.165) is 5.69 Å². The molecular weight excluding hydrogens is 285 g/mol. The number of esters is 1. The van der Waals surface area contributed by atoms with Crippen LogP contribution >= 0.6 is 23.2 Å². The quantitative estimate of drug-likeness (QED) is 0.570. The number of alkyl halides is 2. The zero-order valence-electron chi connectivity index (χ0n) is 11.2. The van der Waals surface area contributed by atoms with Gasteiger partial charge in [0.05, 0.1) is 11.7 Å². The van der Waals surface area contributed by atoms with Gasteiger partial charge in [-0.15, -0.1) is 23.2 Å². The number of carbonyl (C=O) groups excluding carboxylic acids is 1. The van der Waals surface area contributed by atoms with Crippen molar-refractivity contribution >= 4 is 34.9 Å². The van der Waals surface area contributed by atoms with Gasteiger partial charge in [-0.2, -0.15) is 0 Å². The molecule has 0 spiro atoms. The summed E-state index contributed by atoms with van der Waals surface area (Å²) in [6.07, 6.45) is -0.127. The molecule has 0 aliphatic heterocycles. The van der Waals surface area contributed by atoms with Gasteiger partial charge in [0.1, 0.15) is 0 Å². The van der Waals surface area contributed by atoms with Crippen LogP contribution in [0.5, 0.6) is 0 Å². The van der Waals surface area contributed by atoms with E-state index in [1.165, 1.54) is 0 Å².